The Balaban J connectivity index is 2.08. The van der Waals surface area contributed by atoms with Gasteiger partial charge < -0.3 is 5.32 Å². The number of hydrogen-bond acceptors (Lipinski definition) is 5. The molecule has 1 aromatic carbocycles. The molecule has 1 aliphatic rings. The van der Waals surface area contributed by atoms with Crippen molar-refractivity contribution in [3.63, 3.8) is 0 Å². The van der Waals surface area contributed by atoms with E-state index in [0.717, 1.165) is 17.7 Å². The normalized spacial score (nSPS) is 14.6. The molecular formula is C17H21N3O5. The Morgan fingerprint density at radius 3 is 2.48 bits per heavy atom. The van der Waals surface area contributed by atoms with Crippen molar-refractivity contribution in [2.24, 2.45) is 5.92 Å². The highest BCUT2D eigenvalue weighted by atomic mass is 16.6. The Morgan fingerprint density at radius 1 is 1.20 bits per heavy atom. The molecule has 1 heterocycles. The van der Waals surface area contributed by atoms with Crippen molar-refractivity contribution in [3.8, 4) is 0 Å². The molecule has 1 unspecified atom stereocenters. The van der Waals surface area contributed by atoms with E-state index in [2.05, 4.69) is 19.2 Å². The number of nitro benzene ring substituents is 1. The lowest BCUT2D eigenvalue weighted by Crippen LogP contribution is -2.43. The highest BCUT2D eigenvalue weighted by Crippen LogP contribution is 2.30. The van der Waals surface area contributed by atoms with E-state index >= 15 is 0 Å². The largest absolute Gasteiger partial charge is 0.352 e. The lowest BCUT2D eigenvalue weighted by atomic mass is 10.0. The van der Waals surface area contributed by atoms with E-state index in [1.807, 2.05) is 6.92 Å². The fourth-order valence-electron chi connectivity index (χ4n) is 2.73. The maximum Gasteiger partial charge on any atom is 0.282 e. The van der Waals surface area contributed by atoms with Gasteiger partial charge >= 0.3 is 0 Å². The maximum atomic E-state index is 12.4. The van der Waals surface area contributed by atoms with Crippen molar-refractivity contribution in [1.29, 1.82) is 0 Å². The molecule has 0 aliphatic carbocycles. The topological polar surface area (TPSA) is 110 Å². The number of hydrogen-bond donors (Lipinski definition) is 1. The van der Waals surface area contributed by atoms with E-state index in [-0.39, 0.29) is 17.2 Å². The summed E-state index contributed by atoms with van der Waals surface area (Å²) in [4.78, 5) is 47.9. The molecule has 3 amide bonds. The predicted molar refractivity (Wildman–Crippen MR) is 90.1 cm³/mol. The average molecular weight is 347 g/mol. The van der Waals surface area contributed by atoms with Gasteiger partial charge in [0.15, 0.2) is 0 Å². The van der Waals surface area contributed by atoms with Crippen molar-refractivity contribution < 1.29 is 19.3 Å². The van der Waals surface area contributed by atoms with Gasteiger partial charge in [-0.1, -0.05) is 19.9 Å². The summed E-state index contributed by atoms with van der Waals surface area (Å²) in [6.07, 6.45) is 1.73. The molecule has 8 nitrogen and oxygen atoms in total. The van der Waals surface area contributed by atoms with Crippen LogP contribution < -0.4 is 5.32 Å². The van der Waals surface area contributed by atoms with Crippen LogP contribution in [0.5, 0.6) is 0 Å². The lowest BCUT2D eigenvalue weighted by Gasteiger charge is -2.18. The smallest absolute Gasteiger partial charge is 0.282 e. The summed E-state index contributed by atoms with van der Waals surface area (Å²) in [5.41, 5.74) is -0.720. The van der Waals surface area contributed by atoms with Gasteiger partial charge in [-0.25, -0.2) is 0 Å². The first-order valence-corrected chi connectivity index (χ1v) is 8.15. The van der Waals surface area contributed by atoms with Crippen molar-refractivity contribution >= 4 is 23.4 Å². The number of carbonyl (C=O) groups is 3. The monoisotopic (exact) mass is 347 g/mol. The number of rotatable bonds is 7. The predicted octanol–water partition coefficient (Wildman–Crippen LogP) is 2.13. The van der Waals surface area contributed by atoms with E-state index in [4.69, 9.17) is 0 Å². The summed E-state index contributed by atoms with van der Waals surface area (Å²) in [5, 5.41) is 13.8. The van der Waals surface area contributed by atoms with E-state index in [1.54, 1.807) is 0 Å². The second-order valence-corrected chi connectivity index (χ2v) is 6.59. The second kappa shape index (κ2) is 7.42. The molecule has 2 rings (SSSR count). The number of nitrogens with one attached hydrogen (secondary N) is 1. The van der Waals surface area contributed by atoms with Gasteiger partial charge in [-0.3, -0.25) is 29.4 Å². The molecular weight excluding hydrogens is 326 g/mol. The lowest BCUT2D eigenvalue weighted by molar-refractivity contribution is -0.385. The van der Waals surface area contributed by atoms with Crippen LogP contribution in [0.4, 0.5) is 5.69 Å². The van der Waals surface area contributed by atoms with Crippen LogP contribution in [0, 0.1) is 16.0 Å². The Labute approximate surface area is 145 Å². The number of amides is 3. The van der Waals surface area contributed by atoms with Crippen molar-refractivity contribution in [1.82, 2.24) is 10.2 Å². The van der Waals surface area contributed by atoms with Gasteiger partial charge in [-0.15, -0.1) is 0 Å². The number of nitrogens with zero attached hydrogens (tertiary/aromatic N) is 2. The van der Waals surface area contributed by atoms with Gasteiger partial charge in [0.1, 0.15) is 12.1 Å². The van der Waals surface area contributed by atoms with Crippen LogP contribution in [0.15, 0.2) is 18.2 Å². The van der Waals surface area contributed by atoms with Crippen LogP contribution in [0.25, 0.3) is 0 Å². The molecule has 1 aromatic rings. The molecule has 1 N–H and O–H groups in total. The van der Waals surface area contributed by atoms with E-state index in [9.17, 15) is 24.5 Å². The van der Waals surface area contributed by atoms with Gasteiger partial charge in [0, 0.05) is 12.1 Å². The first-order chi connectivity index (χ1) is 11.7. The number of nitro groups is 1. The minimum absolute atomic E-state index is 0.0418. The van der Waals surface area contributed by atoms with Crippen LogP contribution >= 0.6 is 0 Å². The Hall–Kier alpha value is -2.77. The molecule has 1 atom stereocenters. The Morgan fingerprint density at radius 2 is 1.88 bits per heavy atom. The fourth-order valence-corrected chi connectivity index (χ4v) is 2.73. The number of carbonyl (C=O) groups excluding carboxylic acids is 3. The zero-order valence-corrected chi connectivity index (χ0v) is 14.4. The third-order valence-corrected chi connectivity index (χ3v) is 4.06. The van der Waals surface area contributed by atoms with Gasteiger partial charge in [0.2, 0.25) is 5.91 Å². The Bertz CT molecular complexity index is 729. The number of benzene rings is 1. The van der Waals surface area contributed by atoms with Gasteiger partial charge in [-0.05, 0) is 31.7 Å². The van der Waals surface area contributed by atoms with Crippen LogP contribution in [0.1, 0.15) is 54.3 Å². The molecule has 0 radical (unpaired) electrons. The quantitative estimate of drug-likeness (QED) is 0.461. The van der Waals surface area contributed by atoms with Crippen LogP contribution in [0.2, 0.25) is 0 Å². The van der Waals surface area contributed by atoms with Gasteiger partial charge in [0.25, 0.3) is 17.5 Å². The third-order valence-electron chi connectivity index (χ3n) is 4.06. The molecule has 0 aromatic heterocycles. The standard InChI is InChI=1S/C17H21N3O5/c1-10(2)7-8-11(3)18-14(21)9-19-16(22)12-5-4-6-13(20(24)25)15(12)17(19)23/h4-6,10-11H,7-9H2,1-3H3,(H,18,21). The maximum absolute atomic E-state index is 12.4. The molecule has 0 bridgehead atoms. The van der Waals surface area contributed by atoms with Crippen molar-refractivity contribution in [2.45, 2.75) is 39.7 Å². The molecule has 8 heteroatoms. The number of fused-ring (bicyclic) bond motifs is 1. The van der Waals surface area contributed by atoms with E-state index in [1.165, 1.54) is 18.2 Å². The SMILES string of the molecule is CC(C)CCC(C)NC(=O)CN1C(=O)c2cccc([N+](=O)[O-])c2C1=O. The highest BCUT2D eigenvalue weighted by Gasteiger charge is 2.41. The molecule has 0 spiro atoms. The van der Waals surface area contributed by atoms with E-state index < -0.39 is 34.9 Å². The highest BCUT2D eigenvalue weighted by molar-refractivity contribution is 6.24. The third kappa shape index (κ3) is 4.01. The van der Waals surface area contributed by atoms with Crippen LogP contribution in [0.3, 0.4) is 0 Å². The molecule has 134 valence electrons. The molecule has 0 saturated carbocycles. The summed E-state index contributed by atoms with van der Waals surface area (Å²) in [7, 11) is 0. The number of imide groups is 1. The van der Waals surface area contributed by atoms with Gasteiger partial charge in [0.05, 0.1) is 10.5 Å². The molecule has 0 saturated heterocycles. The summed E-state index contributed by atoms with van der Waals surface area (Å²) < 4.78 is 0. The van der Waals surface area contributed by atoms with Gasteiger partial charge in [-0.2, -0.15) is 0 Å². The minimum atomic E-state index is -0.808. The summed E-state index contributed by atoms with van der Waals surface area (Å²) in [6.45, 7) is 5.57. The second-order valence-electron chi connectivity index (χ2n) is 6.59. The zero-order valence-electron chi connectivity index (χ0n) is 14.4. The van der Waals surface area contributed by atoms with E-state index in [0.29, 0.717) is 5.92 Å². The molecule has 0 fully saturated rings. The first kappa shape index (κ1) is 18.6. The molecule has 25 heavy (non-hydrogen) atoms. The first-order valence-electron chi connectivity index (χ1n) is 8.15. The minimum Gasteiger partial charge on any atom is -0.352 e. The summed E-state index contributed by atoms with van der Waals surface area (Å²) >= 11 is 0. The molecule has 1 aliphatic heterocycles. The fraction of sp³-hybridized carbons (Fsp3) is 0.471. The van der Waals surface area contributed by atoms with Crippen molar-refractivity contribution in [2.75, 3.05) is 6.54 Å². The van der Waals surface area contributed by atoms with Crippen molar-refractivity contribution in [3.05, 3.63) is 39.4 Å². The zero-order chi connectivity index (χ0) is 18.7. The Kier molecular flexibility index (Phi) is 5.51. The van der Waals surface area contributed by atoms with Crippen LogP contribution in [-0.4, -0.2) is 40.1 Å². The summed E-state index contributed by atoms with van der Waals surface area (Å²) in [6, 6.07) is 3.78. The summed E-state index contributed by atoms with van der Waals surface area (Å²) in [5.74, 6) is -1.45. The van der Waals surface area contributed by atoms with Crippen LogP contribution in [-0.2, 0) is 4.79 Å². The average Bonchev–Trinajstić information content (AvgIpc) is 2.78.